The predicted molar refractivity (Wildman–Crippen MR) is 45.4 cm³/mol. The van der Waals surface area contributed by atoms with Gasteiger partial charge in [-0.05, 0) is 27.7 Å². The van der Waals surface area contributed by atoms with Gasteiger partial charge in [-0.2, -0.15) is 0 Å². The van der Waals surface area contributed by atoms with Crippen molar-refractivity contribution < 1.29 is 9.84 Å². The highest BCUT2D eigenvalue weighted by Crippen LogP contribution is 2.24. The zero-order chi connectivity index (χ0) is 9.12. The van der Waals surface area contributed by atoms with Gasteiger partial charge in [0.25, 0.3) is 0 Å². The molecule has 0 heterocycles. The monoisotopic (exact) mass is 161 g/mol. The van der Waals surface area contributed by atoms with Crippen molar-refractivity contribution in [3.05, 3.63) is 0 Å². The zero-order valence-corrected chi connectivity index (χ0v) is 7.85. The minimum Gasteiger partial charge on any atom is -0.387 e. The number of hydrogen-bond acceptors (Lipinski definition) is 3. The number of rotatable bonds is 4. The lowest BCUT2D eigenvalue weighted by Crippen LogP contribution is -2.47. The van der Waals surface area contributed by atoms with Crippen molar-refractivity contribution in [2.75, 3.05) is 13.2 Å². The van der Waals surface area contributed by atoms with E-state index in [0.717, 1.165) is 0 Å². The molecule has 0 aliphatic heterocycles. The maximum Gasteiger partial charge on any atom is 0.0907 e. The number of hydrogen-bond donors (Lipinski definition) is 2. The van der Waals surface area contributed by atoms with Crippen LogP contribution >= 0.6 is 0 Å². The van der Waals surface area contributed by atoms with E-state index in [4.69, 9.17) is 10.5 Å². The van der Waals surface area contributed by atoms with Gasteiger partial charge in [-0.25, -0.2) is 0 Å². The van der Waals surface area contributed by atoms with Crippen molar-refractivity contribution in [2.24, 2.45) is 5.73 Å². The van der Waals surface area contributed by atoms with E-state index >= 15 is 0 Å². The third-order valence-electron chi connectivity index (χ3n) is 2.05. The summed E-state index contributed by atoms with van der Waals surface area (Å²) >= 11 is 0. The molecule has 0 aromatic rings. The van der Waals surface area contributed by atoms with Gasteiger partial charge in [-0.15, -0.1) is 0 Å². The first-order chi connectivity index (χ1) is 4.81. The maximum atomic E-state index is 9.61. The van der Waals surface area contributed by atoms with Crippen LogP contribution in [0, 0.1) is 0 Å². The summed E-state index contributed by atoms with van der Waals surface area (Å²) in [6.07, 6.45) is 0. The Morgan fingerprint density at radius 2 is 1.73 bits per heavy atom. The first kappa shape index (κ1) is 10.9. The van der Waals surface area contributed by atoms with E-state index in [2.05, 4.69) is 0 Å². The Morgan fingerprint density at radius 1 is 1.27 bits per heavy atom. The molecule has 0 saturated heterocycles. The van der Waals surface area contributed by atoms with Crippen LogP contribution in [-0.2, 0) is 4.74 Å². The molecule has 0 radical (unpaired) electrons. The van der Waals surface area contributed by atoms with Crippen molar-refractivity contribution in [3.63, 3.8) is 0 Å². The Balaban J connectivity index is 4.00. The fraction of sp³-hybridized carbons (Fsp3) is 1.00. The Bertz CT molecular complexity index is 116. The van der Waals surface area contributed by atoms with Crippen LogP contribution in [0.1, 0.15) is 27.7 Å². The van der Waals surface area contributed by atoms with Gasteiger partial charge in [0.05, 0.1) is 17.8 Å². The third-order valence-corrected chi connectivity index (χ3v) is 2.05. The normalized spacial score (nSPS) is 13.6. The molecule has 0 saturated carbocycles. The lowest BCUT2D eigenvalue weighted by molar-refractivity contribution is -0.145. The Labute approximate surface area is 68.5 Å². The molecule has 68 valence electrons. The molecule has 3 N–H and O–H groups in total. The van der Waals surface area contributed by atoms with Gasteiger partial charge in [-0.1, -0.05) is 0 Å². The Kier molecular flexibility index (Phi) is 3.48. The summed E-state index contributed by atoms with van der Waals surface area (Å²) in [6, 6.07) is 0. The summed E-state index contributed by atoms with van der Waals surface area (Å²) < 4.78 is 5.37. The first-order valence-corrected chi connectivity index (χ1v) is 3.87. The summed E-state index contributed by atoms with van der Waals surface area (Å²) in [6.45, 7) is 8.12. The van der Waals surface area contributed by atoms with Gasteiger partial charge in [-0.3, -0.25) is 0 Å². The van der Waals surface area contributed by atoms with E-state index in [0.29, 0.717) is 13.2 Å². The van der Waals surface area contributed by atoms with Crippen LogP contribution in [-0.4, -0.2) is 29.5 Å². The molecular formula is C8H19NO2. The molecule has 0 aromatic carbocycles. The highest BCUT2D eigenvalue weighted by Gasteiger charge is 2.35. The molecule has 0 aliphatic carbocycles. The van der Waals surface area contributed by atoms with E-state index in [1.165, 1.54) is 0 Å². The van der Waals surface area contributed by atoms with E-state index in [1.54, 1.807) is 13.8 Å². The van der Waals surface area contributed by atoms with E-state index in [1.807, 2.05) is 13.8 Å². The standard InChI is InChI=1S/C8H19NO2/c1-7(2,10)8(3,4)11-6-5-9/h10H,5-6,9H2,1-4H3. The molecule has 0 bridgehead atoms. The van der Waals surface area contributed by atoms with Crippen molar-refractivity contribution in [3.8, 4) is 0 Å². The highest BCUT2D eigenvalue weighted by molar-refractivity contribution is 4.87. The minimum atomic E-state index is -0.831. The Morgan fingerprint density at radius 3 is 2.00 bits per heavy atom. The molecule has 0 aromatic heterocycles. The molecule has 0 rings (SSSR count). The average molecular weight is 161 g/mol. The second kappa shape index (κ2) is 3.52. The van der Waals surface area contributed by atoms with Crippen molar-refractivity contribution >= 4 is 0 Å². The second-order valence-electron chi connectivity index (χ2n) is 3.71. The fourth-order valence-electron chi connectivity index (χ4n) is 0.491. The number of nitrogens with two attached hydrogens (primary N) is 1. The van der Waals surface area contributed by atoms with Gasteiger partial charge in [0.2, 0.25) is 0 Å². The van der Waals surface area contributed by atoms with E-state index < -0.39 is 11.2 Å². The highest BCUT2D eigenvalue weighted by atomic mass is 16.5. The van der Waals surface area contributed by atoms with Crippen LogP contribution in [0.4, 0.5) is 0 Å². The van der Waals surface area contributed by atoms with Gasteiger partial charge < -0.3 is 15.6 Å². The molecule has 11 heavy (non-hydrogen) atoms. The van der Waals surface area contributed by atoms with Gasteiger partial charge in [0, 0.05) is 6.54 Å². The molecule has 3 heteroatoms. The maximum absolute atomic E-state index is 9.61. The number of aliphatic hydroxyl groups is 1. The number of ether oxygens (including phenoxy) is 1. The van der Waals surface area contributed by atoms with Crippen LogP contribution in [0.25, 0.3) is 0 Å². The quantitative estimate of drug-likeness (QED) is 0.631. The molecule has 0 amide bonds. The fourth-order valence-corrected chi connectivity index (χ4v) is 0.491. The van der Waals surface area contributed by atoms with Crippen LogP contribution in [0.3, 0.4) is 0 Å². The summed E-state index contributed by atoms with van der Waals surface area (Å²) in [5.41, 5.74) is 3.91. The largest absolute Gasteiger partial charge is 0.387 e. The van der Waals surface area contributed by atoms with Crippen molar-refractivity contribution in [1.82, 2.24) is 0 Å². The van der Waals surface area contributed by atoms with Crippen LogP contribution in [0.5, 0.6) is 0 Å². The van der Waals surface area contributed by atoms with Gasteiger partial charge >= 0.3 is 0 Å². The minimum absolute atomic E-state index is 0.483. The summed E-state index contributed by atoms with van der Waals surface area (Å²) in [5, 5.41) is 9.61. The molecule has 0 aliphatic rings. The van der Waals surface area contributed by atoms with Gasteiger partial charge in [0.15, 0.2) is 0 Å². The van der Waals surface area contributed by atoms with E-state index in [-0.39, 0.29) is 0 Å². The van der Waals surface area contributed by atoms with Crippen LogP contribution < -0.4 is 5.73 Å². The first-order valence-electron chi connectivity index (χ1n) is 3.87. The molecule has 0 spiro atoms. The van der Waals surface area contributed by atoms with Gasteiger partial charge in [0.1, 0.15) is 0 Å². The Hall–Kier alpha value is -0.120. The lowest BCUT2D eigenvalue weighted by atomic mass is 9.89. The SMILES string of the molecule is CC(C)(O)C(C)(C)OCCN. The summed E-state index contributed by atoms with van der Waals surface area (Å²) in [7, 11) is 0. The summed E-state index contributed by atoms with van der Waals surface area (Å²) in [4.78, 5) is 0. The molecular weight excluding hydrogens is 142 g/mol. The third kappa shape index (κ3) is 3.18. The van der Waals surface area contributed by atoms with Crippen molar-refractivity contribution in [1.29, 1.82) is 0 Å². The smallest absolute Gasteiger partial charge is 0.0907 e. The lowest BCUT2D eigenvalue weighted by Gasteiger charge is -2.36. The zero-order valence-electron chi connectivity index (χ0n) is 7.85. The molecule has 0 unspecified atom stereocenters. The second-order valence-corrected chi connectivity index (χ2v) is 3.71. The van der Waals surface area contributed by atoms with Crippen LogP contribution in [0.2, 0.25) is 0 Å². The predicted octanol–water partition coefficient (Wildman–Crippen LogP) is 0.511. The topological polar surface area (TPSA) is 55.5 Å². The molecule has 0 atom stereocenters. The van der Waals surface area contributed by atoms with Crippen LogP contribution in [0.15, 0.2) is 0 Å². The van der Waals surface area contributed by atoms with E-state index in [9.17, 15) is 5.11 Å². The van der Waals surface area contributed by atoms with Crippen molar-refractivity contribution in [2.45, 2.75) is 38.9 Å². The summed E-state index contributed by atoms with van der Waals surface area (Å²) in [5.74, 6) is 0. The molecule has 3 nitrogen and oxygen atoms in total. The molecule has 0 fully saturated rings. The average Bonchev–Trinajstić information content (AvgIpc) is 1.81.